The van der Waals surface area contributed by atoms with Crippen molar-refractivity contribution in [3.63, 3.8) is 0 Å². The summed E-state index contributed by atoms with van der Waals surface area (Å²) in [5.74, 6) is 0.566. The number of nitrogen functional groups attached to an aromatic ring is 1. The first-order valence-electron chi connectivity index (χ1n) is 8.30. The van der Waals surface area contributed by atoms with Gasteiger partial charge in [0.2, 0.25) is 0 Å². The SMILES string of the molecule is Nc1ncc(C(=O)N2CCCC(c3nc4c(s3)CCC4)C2)cc1Cl. The van der Waals surface area contributed by atoms with Gasteiger partial charge in [-0.05, 0) is 38.2 Å². The van der Waals surface area contributed by atoms with Crippen LogP contribution in [-0.2, 0) is 12.8 Å². The van der Waals surface area contributed by atoms with Crippen LogP contribution in [-0.4, -0.2) is 33.9 Å². The molecule has 0 radical (unpaired) electrons. The van der Waals surface area contributed by atoms with Crippen LogP contribution in [0.4, 0.5) is 5.82 Å². The maximum atomic E-state index is 12.7. The summed E-state index contributed by atoms with van der Waals surface area (Å²) in [5, 5.41) is 1.52. The predicted octanol–water partition coefficient (Wildman–Crippen LogP) is 3.28. The molecule has 0 spiro atoms. The number of thiazole rings is 1. The van der Waals surface area contributed by atoms with E-state index in [0.717, 1.165) is 32.2 Å². The van der Waals surface area contributed by atoms with E-state index in [0.29, 0.717) is 23.0 Å². The quantitative estimate of drug-likeness (QED) is 0.889. The van der Waals surface area contributed by atoms with Crippen LogP contribution in [0.25, 0.3) is 0 Å². The molecule has 1 aliphatic heterocycles. The van der Waals surface area contributed by atoms with Crippen LogP contribution < -0.4 is 5.73 Å². The fraction of sp³-hybridized carbons (Fsp3) is 0.471. The molecule has 1 saturated heterocycles. The number of aryl methyl sites for hydroxylation is 2. The Morgan fingerprint density at radius 3 is 3.04 bits per heavy atom. The Labute approximate surface area is 149 Å². The molecular formula is C17H19ClN4OS. The molecule has 126 valence electrons. The number of piperidine rings is 1. The second-order valence-electron chi connectivity index (χ2n) is 6.46. The number of fused-ring (bicyclic) bond motifs is 1. The Balaban J connectivity index is 1.51. The minimum atomic E-state index is -0.0294. The monoisotopic (exact) mass is 362 g/mol. The number of likely N-dealkylation sites (tertiary alicyclic amines) is 1. The molecule has 1 aliphatic carbocycles. The molecule has 3 heterocycles. The van der Waals surface area contributed by atoms with Crippen LogP contribution >= 0.6 is 22.9 Å². The molecular weight excluding hydrogens is 344 g/mol. The van der Waals surface area contributed by atoms with E-state index in [4.69, 9.17) is 22.3 Å². The average Bonchev–Trinajstić information content (AvgIpc) is 3.18. The van der Waals surface area contributed by atoms with E-state index >= 15 is 0 Å². The van der Waals surface area contributed by atoms with Crippen molar-refractivity contribution >= 4 is 34.7 Å². The van der Waals surface area contributed by atoms with E-state index < -0.39 is 0 Å². The van der Waals surface area contributed by atoms with Crippen molar-refractivity contribution in [1.29, 1.82) is 0 Å². The summed E-state index contributed by atoms with van der Waals surface area (Å²) in [6.07, 6.45) is 7.10. The van der Waals surface area contributed by atoms with Crippen LogP contribution in [0, 0.1) is 0 Å². The predicted molar refractivity (Wildman–Crippen MR) is 95.7 cm³/mol. The van der Waals surface area contributed by atoms with Gasteiger partial charge >= 0.3 is 0 Å². The van der Waals surface area contributed by atoms with E-state index in [1.165, 1.54) is 28.2 Å². The van der Waals surface area contributed by atoms with E-state index in [-0.39, 0.29) is 11.7 Å². The Hall–Kier alpha value is -1.66. The van der Waals surface area contributed by atoms with Crippen LogP contribution in [0.3, 0.4) is 0 Å². The van der Waals surface area contributed by atoms with Crippen molar-refractivity contribution in [2.24, 2.45) is 0 Å². The van der Waals surface area contributed by atoms with Gasteiger partial charge < -0.3 is 10.6 Å². The number of halogens is 1. The van der Waals surface area contributed by atoms with Gasteiger partial charge in [0.25, 0.3) is 5.91 Å². The van der Waals surface area contributed by atoms with E-state index in [2.05, 4.69) is 4.98 Å². The van der Waals surface area contributed by atoms with Gasteiger partial charge in [-0.1, -0.05) is 11.6 Å². The topological polar surface area (TPSA) is 72.1 Å². The smallest absolute Gasteiger partial charge is 0.255 e. The molecule has 1 unspecified atom stereocenters. The molecule has 7 heteroatoms. The van der Waals surface area contributed by atoms with Crippen molar-refractivity contribution in [3.05, 3.63) is 38.4 Å². The molecule has 1 amide bonds. The largest absolute Gasteiger partial charge is 0.382 e. The number of nitrogens with two attached hydrogens (primary N) is 1. The summed E-state index contributed by atoms with van der Waals surface area (Å²) >= 11 is 7.84. The number of amides is 1. The van der Waals surface area contributed by atoms with Crippen molar-refractivity contribution in [2.75, 3.05) is 18.8 Å². The normalized spacial score (nSPS) is 20.2. The fourth-order valence-corrected chi connectivity index (χ4v) is 4.94. The Bertz CT molecular complexity index is 769. The number of hydrogen-bond donors (Lipinski definition) is 1. The van der Waals surface area contributed by atoms with Gasteiger partial charge in [0.1, 0.15) is 5.82 Å². The first-order chi connectivity index (χ1) is 11.6. The first kappa shape index (κ1) is 15.8. The third kappa shape index (κ3) is 2.89. The number of nitrogens with zero attached hydrogens (tertiary/aromatic N) is 3. The van der Waals surface area contributed by atoms with Crippen LogP contribution in [0.15, 0.2) is 12.3 Å². The van der Waals surface area contributed by atoms with Crippen LogP contribution in [0.2, 0.25) is 5.02 Å². The number of rotatable bonds is 2. The lowest BCUT2D eigenvalue weighted by Gasteiger charge is -2.32. The molecule has 24 heavy (non-hydrogen) atoms. The molecule has 2 N–H and O–H groups in total. The summed E-state index contributed by atoms with van der Waals surface area (Å²) < 4.78 is 0. The fourth-order valence-electron chi connectivity index (χ4n) is 3.50. The minimum absolute atomic E-state index is 0.0294. The van der Waals surface area contributed by atoms with Crippen LogP contribution in [0.1, 0.15) is 51.1 Å². The second-order valence-corrected chi connectivity index (χ2v) is 7.98. The third-order valence-corrected chi connectivity index (χ3v) is 6.41. The molecule has 2 aromatic heterocycles. The highest BCUT2D eigenvalue weighted by atomic mass is 35.5. The lowest BCUT2D eigenvalue weighted by Crippen LogP contribution is -2.39. The van der Waals surface area contributed by atoms with E-state index in [9.17, 15) is 4.79 Å². The van der Waals surface area contributed by atoms with Gasteiger partial charge in [-0.2, -0.15) is 0 Å². The first-order valence-corrected chi connectivity index (χ1v) is 9.50. The van der Waals surface area contributed by atoms with E-state index in [1.807, 2.05) is 16.2 Å². The third-order valence-electron chi connectivity index (χ3n) is 4.79. The number of carbonyl (C=O) groups excluding carboxylic acids is 1. The second kappa shape index (κ2) is 6.33. The zero-order valence-corrected chi connectivity index (χ0v) is 14.9. The van der Waals surface area contributed by atoms with Gasteiger partial charge in [-0.3, -0.25) is 4.79 Å². The van der Waals surface area contributed by atoms with Gasteiger partial charge in [-0.25, -0.2) is 9.97 Å². The summed E-state index contributed by atoms with van der Waals surface area (Å²) in [5.41, 5.74) is 7.41. The van der Waals surface area contributed by atoms with Gasteiger partial charge in [-0.15, -0.1) is 11.3 Å². The molecule has 0 saturated carbocycles. The van der Waals surface area contributed by atoms with Crippen LogP contribution in [0.5, 0.6) is 0 Å². The highest BCUT2D eigenvalue weighted by molar-refractivity contribution is 7.11. The molecule has 0 bridgehead atoms. The molecule has 5 nitrogen and oxygen atoms in total. The maximum Gasteiger partial charge on any atom is 0.255 e. The lowest BCUT2D eigenvalue weighted by atomic mass is 9.98. The maximum absolute atomic E-state index is 12.7. The highest BCUT2D eigenvalue weighted by Gasteiger charge is 2.29. The minimum Gasteiger partial charge on any atom is -0.382 e. The molecule has 2 aromatic rings. The summed E-state index contributed by atoms with van der Waals surface area (Å²) in [6.45, 7) is 1.48. The Kier molecular flexibility index (Phi) is 4.18. The number of carbonyl (C=O) groups is 1. The average molecular weight is 363 g/mol. The van der Waals surface area contributed by atoms with Crippen molar-refractivity contribution in [1.82, 2.24) is 14.9 Å². The molecule has 2 aliphatic rings. The summed E-state index contributed by atoms with van der Waals surface area (Å²) in [6, 6.07) is 1.60. The van der Waals surface area contributed by atoms with Crippen molar-refractivity contribution in [3.8, 4) is 0 Å². The zero-order valence-electron chi connectivity index (χ0n) is 13.3. The van der Waals surface area contributed by atoms with Crippen molar-refractivity contribution in [2.45, 2.75) is 38.0 Å². The van der Waals surface area contributed by atoms with Gasteiger partial charge in [0.15, 0.2) is 0 Å². The van der Waals surface area contributed by atoms with Gasteiger partial charge in [0.05, 0.1) is 21.3 Å². The number of hydrogen-bond acceptors (Lipinski definition) is 5. The standard InChI is InChI=1S/C17H19ClN4OS/c18-12-7-11(8-20-15(12)19)17(23)22-6-2-3-10(9-22)16-21-13-4-1-5-14(13)24-16/h7-8,10H,1-6,9H2,(H2,19,20). The Morgan fingerprint density at radius 2 is 2.25 bits per heavy atom. The molecule has 1 fully saturated rings. The summed E-state index contributed by atoms with van der Waals surface area (Å²) in [7, 11) is 0. The van der Waals surface area contributed by atoms with E-state index in [1.54, 1.807) is 6.07 Å². The summed E-state index contributed by atoms with van der Waals surface area (Å²) in [4.78, 5) is 24.9. The van der Waals surface area contributed by atoms with Crippen molar-refractivity contribution < 1.29 is 4.79 Å². The molecule has 4 rings (SSSR count). The number of pyridine rings is 1. The zero-order chi connectivity index (χ0) is 16.7. The lowest BCUT2D eigenvalue weighted by molar-refractivity contribution is 0.0706. The Morgan fingerprint density at radius 1 is 1.38 bits per heavy atom. The number of anilines is 1. The highest BCUT2D eigenvalue weighted by Crippen LogP contribution is 2.35. The van der Waals surface area contributed by atoms with Gasteiger partial charge in [0, 0.05) is 30.1 Å². The molecule has 0 aromatic carbocycles. The molecule has 1 atom stereocenters. The number of aromatic nitrogens is 2.